The van der Waals surface area contributed by atoms with Crippen LogP contribution < -0.4 is 4.74 Å². The lowest BCUT2D eigenvalue weighted by atomic mass is 10.1. The van der Waals surface area contributed by atoms with E-state index in [0.29, 0.717) is 30.9 Å². The highest BCUT2D eigenvalue weighted by Gasteiger charge is 2.14. The number of carbonyl (C=O) groups is 1. The highest BCUT2D eigenvalue weighted by molar-refractivity contribution is 6.00. The smallest absolute Gasteiger partial charge is 0.180 e. The Balaban J connectivity index is 2.71. The van der Waals surface area contributed by atoms with Crippen molar-refractivity contribution >= 4 is 5.78 Å². The summed E-state index contributed by atoms with van der Waals surface area (Å²) in [5.74, 6) is 0.706. The van der Waals surface area contributed by atoms with Crippen LogP contribution in [-0.4, -0.2) is 48.6 Å². The zero-order valence-corrected chi connectivity index (χ0v) is 11.8. The fourth-order valence-corrected chi connectivity index (χ4v) is 1.91. The van der Waals surface area contributed by atoms with Crippen LogP contribution >= 0.6 is 0 Å². The predicted octanol–water partition coefficient (Wildman–Crippen LogP) is 1.97. The van der Waals surface area contributed by atoms with Gasteiger partial charge in [-0.1, -0.05) is 19.1 Å². The lowest BCUT2D eigenvalue weighted by Gasteiger charge is -2.19. The number of rotatable bonds is 9. The fraction of sp³-hybridized carbons (Fsp3) is 0.533. The molecule has 4 heteroatoms. The van der Waals surface area contributed by atoms with Crippen molar-refractivity contribution in [3.63, 3.8) is 0 Å². The van der Waals surface area contributed by atoms with Gasteiger partial charge in [-0.05, 0) is 32.0 Å². The molecule has 0 saturated heterocycles. The third-order valence-electron chi connectivity index (χ3n) is 2.93. The monoisotopic (exact) mass is 265 g/mol. The molecule has 1 aromatic rings. The number of likely N-dealkylation sites (N-methyl/N-ethyl adjacent to an activating group) is 1. The van der Waals surface area contributed by atoms with Gasteiger partial charge in [-0.25, -0.2) is 0 Å². The fourth-order valence-electron chi connectivity index (χ4n) is 1.91. The summed E-state index contributed by atoms with van der Waals surface area (Å²) >= 11 is 0. The molecule has 0 aliphatic rings. The van der Waals surface area contributed by atoms with Gasteiger partial charge in [0.25, 0.3) is 0 Å². The van der Waals surface area contributed by atoms with Crippen LogP contribution in [0.4, 0.5) is 0 Å². The van der Waals surface area contributed by atoms with Crippen LogP contribution in [-0.2, 0) is 0 Å². The van der Waals surface area contributed by atoms with Crippen molar-refractivity contribution in [1.29, 1.82) is 0 Å². The van der Waals surface area contributed by atoms with Gasteiger partial charge in [-0.15, -0.1) is 0 Å². The molecule has 0 aliphatic heterocycles. The van der Waals surface area contributed by atoms with Crippen LogP contribution in [0.3, 0.4) is 0 Å². The van der Waals surface area contributed by atoms with Crippen molar-refractivity contribution in [3.8, 4) is 5.75 Å². The molecule has 0 aliphatic carbocycles. The first-order valence-corrected chi connectivity index (χ1v) is 6.81. The lowest BCUT2D eigenvalue weighted by molar-refractivity contribution is 0.0924. The zero-order valence-electron chi connectivity index (χ0n) is 11.8. The lowest BCUT2D eigenvalue weighted by Crippen LogP contribution is -2.31. The molecule has 0 saturated carbocycles. The van der Waals surface area contributed by atoms with Crippen LogP contribution in [0.2, 0.25) is 0 Å². The van der Waals surface area contributed by atoms with E-state index in [1.165, 1.54) is 0 Å². The molecule has 19 heavy (non-hydrogen) atoms. The molecule has 0 atom stereocenters. The highest BCUT2D eigenvalue weighted by Crippen LogP contribution is 2.18. The molecule has 1 rings (SSSR count). The summed E-state index contributed by atoms with van der Waals surface area (Å²) in [6.07, 6.45) is 0.689. The Labute approximate surface area is 115 Å². The number of nitrogens with zero attached hydrogens (tertiary/aromatic N) is 1. The SMILES string of the molecule is CCOc1ccccc1C(=O)CN(CC)CCCO. The summed E-state index contributed by atoms with van der Waals surface area (Å²) in [6.45, 7) is 6.51. The van der Waals surface area contributed by atoms with Gasteiger partial charge in [0.2, 0.25) is 0 Å². The van der Waals surface area contributed by atoms with Crippen LogP contribution in [0.25, 0.3) is 0 Å². The summed E-state index contributed by atoms with van der Waals surface area (Å²) in [6, 6.07) is 7.33. The number of para-hydroxylation sites is 1. The minimum atomic E-state index is 0.0591. The van der Waals surface area contributed by atoms with Gasteiger partial charge >= 0.3 is 0 Å². The number of carbonyl (C=O) groups excluding carboxylic acids is 1. The molecule has 0 unspecified atom stereocenters. The Hall–Kier alpha value is -1.39. The van der Waals surface area contributed by atoms with Gasteiger partial charge in [0.05, 0.1) is 18.7 Å². The summed E-state index contributed by atoms with van der Waals surface area (Å²) in [4.78, 5) is 14.3. The third-order valence-corrected chi connectivity index (χ3v) is 2.93. The van der Waals surface area contributed by atoms with E-state index in [9.17, 15) is 4.79 Å². The maximum atomic E-state index is 12.3. The maximum absolute atomic E-state index is 12.3. The van der Waals surface area contributed by atoms with E-state index in [2.05, 4.69) is 0 Å². The van der Waals surface area contributed by atoms with E-state index in [4.69, 9.17) is 9.84 Å². The average Bonchev–Trinajstić information content (AvgIpc) is 2.44. The Morgan fingerprint density at radius 3 is 2.68 bits per heavy atom. The van der Waals surface area contributed by atoms with Gasteiger partial charge in [0, 0.05) is 13.2 Å². The Kier molecular flexibility index (Phi) is 7.15. The maximum Gasteiger partial charge on any atom is 0.180 e. The minimum absolute atomic E-state index is 0.0591. The Morgan fingerprint density at radius 1 is 1.32 bits per heavy atom. The average molecular weight is 265 g/mol. The molecule has 0 aromatic heterocycles. The van der Waals surface area contributed by atoms with Crippen molar-refractivity contribution in [1.82, 2.24) is 4.90 Å². The molecule has 0 bridgehead atoms. The first-order valence-electron chi connectivity index (χ1n) is 6.81. The van der Waals surface area contributed by atoms with Gasteiger partial charge < -0.3 is 9.84 Å². The zero-order chi connectivity index (χ0) is 14.1. The van der Waals surface area contributed by atoms with E-state index in [1.54, 1.807) is 6.07 Å². The van der Waals surface area contributed by atoms with Crippen molar-refractivity contribution < 1.29 is 14.6 Å². The second-order valence-corrected chi connectivity index (χ2v) is 4.30. The first-order chi connectivity index (χ1) is 9.22. The summed E-state index contributed by atoms with van der Waals surface area (Å²) in [7, 11) is 0. The molecule has 0 fully saturated rings. The predicted molar refractivity (Wildman–Crippen MR) is 75.8 cm³/mol. The molecule has 0 spiro atoms. The molecular formula is C15H23NO3. The van der Waals surface area contributed by atoms with E-state index >= 15 is 0 Å². The van der Waals surface area contributed by atoms with Gasteiger partial charge in [0.15, 0.2) is 5.78 Å². The molecule has 4 nitrogen and oxygen atoms in total. The number of hydrogen-bond donors (Lipinski definition) is 1. The van der Waals surface area contributed by atoms with Crippen LogP contribution in [0.5, 0.6) is 5.75 Å². The molecule has 0 heterocycles. The first kappa shape index (κ1) is 15.7. The molecule has 0 amide bonds. The molecule has 1 aromatic carbocycles. The van der Waals surface area contributed by atoms with Crippen LogP contribution in [0.15, 0.2) is 24.3 Å². The summed E-state index contributed by atoms with van der Waals surface area (Å²) < 4.78 is 5.48. The molecule has 1 N–H and O–H groups in total. The largest absolute Gasteiger partial charge is 0.493 e. The van der Waals surface area contributed by atoms with Gasteiger partial charge in [-0.2, -0.15) is 0 Å². The van der Waals surface area contributed by atoms with Crippen molar-refractivity contribution in [2.24, 2.45) is 0 Å². The molecule has 106 valence electrons. The van der Waals surface area contributed by atoms with Gasteiger partial charge in [0.1, 0.15) is 5.75 Å². The quantitative estimate of drug-likeness (QED) is 0.694. The van der Waals surface area contributed by atoms with Crippen LogP contribution in [0.1, 0.15) is 30.6 Å². The second-order valence-electron chi connectivity index (χ2n) is 4.30. The van der Waals surface area contributed by atoms with Crippen LogP contribution in [0, 0.1) is 0 Å². The van der Waals surface area contributed by atoms with E-state index in [-0.39, 0.29) is 12.4 Å². The Bertz CT molecular complexity index is 393. The number of ketones is 1. The minimum Gasteiger partial charge on any atom is -0.493 e. The number of ether oxygens (including phenoxy) is 1. The van der Waals surface area contributed by atoms with Gasteiger partial charge in [-0.3, -0.25) is 9.69 Å². The normalized spacial score (nSPS) is 10.7. The number of benzene rings is 1. The molecule has 0 radical (unpaired) electrons. The topological polar surface area (TPSA) is 49.8 Å². The number of aliphatic hydroxyl groups is 1. The Morgan fingerprint density at radius 2 is 2.05 bits per heavy atom. The summed E-state index contributed by atoms with van der Waals surface area (Å²) in [5.41, 5.74) is 0.631. The van der Waals surface area contributed by atoms with Crippen molar-refractivity contribution in [2.75, 3.05) is 32.8 Å². The molecular weight excluding hydrogens is 242 g/mol. The second kappa shape index (κ2) is 8.67. The van der Waals surface area contributed by atoms with E-state index in [1.807, 2.05) is 36.9 Å². The third kappa shape index (κ3) is 5.01. The van der Waals surface area contributed by atoms with E-state index in [0.717, 1.165) is 13.1 Å². The number of Topliss-reactive ketones (excluding diaryl/α,β-unsaturated/α-hetero) is 1. The summed E-state index contributed by atoms with van der Waals surface area (Å²) in [5, 5.41) is 8.84. The number of aliphatic hydroxyl groups excluding tert-OH is 1. The van der Waals surface area contributed by atoms with E-state index < -0.39 is 0 Å². The van der Waals surface area contributed by atoms with Crippen molar-refractivity contribution in [3.05, 3.63) is 29.8 Å². The van der Waals surface area contributed by atoms with Crippen molar-refractivity contribution in [2.45, 2.75) is 20.3 Å². The standard InChI is InChI=1S/C15H23NO3/c1-3-16(10-7-11-17)12-14(18)13-8-5-6-9-15(13)19-4-2/h5-6,8-9,17H,3-4,7,10-12H2,1-2H3. The highest BCUT2D eigenvalue weighted by atomic mass is 16.5. The number of hydrogen-bond acceptors (Lipinski definition) is 4.